The lowest BCUT2D eigenvalue weighted by Gasteiger charge is -2.18. The molecule has 2 N–H and O–H groups in total. The highest BCUT2D eigenvalue weighted by Gasteiger charge is 2.16. The van der Waals surface area contributed by atoms with E-state index in [1.54, 1.807) is 36.2 Å². The van der Waals surface area contributed by atoms with Crippen LogP contribution in [0.15, 0.2) is 36.0 Å². The summed E-state index contributed by atoms with van der Waals surface area (Å²) < 4.78 is 5.43. The van der Waals surface area contributed by atoms with E-state index in [0.717, 1.165) is 25.0 Å². The van der Waals surface area contributed by atoms with Crippen LogP contribution in [0.2, 0.25) is 0 Å². The second kappa shape index (κ2) is 5.58. The lowest BCUT2D eigenvalue weighted by atomic mass is 10.3. The van der Waals surface area contributed by atoms with Crippen LogP contribution >= 0.6 is 0 Å². The second-order valence-electron chi connectivity index (χ2n) is 4.40. The third kappa shape index (κ3) is 3.03. The van der Waals surface area contributed by atoms with Gasteiger partial charge in [-0.05, 0) is 43.5 Å². The number of hydrogen-bond acceptors (Lipinski definition) is 3. The molecule has 0 spiro atoms. The molecule has 2 rings (SSSR count). The van der Waals surface area contributed by atoms with Crippen molar-refractivity contribution in [1.29, 1.82) is 0 Å². The first-order valence-corrected chi connectivity index (χ1v) is 6.11. The van der Waals surface area contributed by atoms with Crippen LogP contribution in [0, 0.1) is 0 Å². The summed E-state index contributed by atoms with van der Waals surface area (Å²) in [6.07, 6.45) is 5.28. The zero-order chi connectivity index (χ0) is 13.0. The van der Waals surface area contributed by atoms with Crippen molar-refractivity contribution in [2.45, 2.75) is 19.3 Å². The van der Waals surface area contributed by atoms with Crippen LogP contribution in [0.4, 0.5) is 5.69 Å². The number of hydrogen-bond donors (Lipinski definition) is 1. The molecule has 0 unspecified atom stereocenters. The minimum atomic E-state index is -0.0278. The van der Waals surface area contributed by atoms with E-state index in [2.05, 4.69) is 6.08 Å². The summed E-state index contributed by atoms with van der Waals surface area (Å²) in [4.78, 5) is 13.6. The molecule has 0 heterocycles. The number of benzene rings is 1. The van der Waals surface area contributed by atoms with Crippen molar-refractivity contribution >= 4 is 11.6 Å². The SMILES string of the molecule is CN(C(=O)COc1ccc(N)cc1)C1=CCCC1. The van der Waals surface area contributed by atoms with Crippen molar-refractivity contribution < 1.29 is 9.53 Å². The summed E-state index contributed by atoms with van der Waals surface area (Å²) in [6.45, 7) is 0.0533. The van der Waals surface area contributed by atoms with Gasteiger partial charge in [0.25, 0.3) is 5.91 Å². The minimum absolute atomic E-state index is 0.0278. The molecule has 18 heavy (non-hydrogen) atoms. The van der Waals surface area contributed by atoms with Gasteiger partial charge in [-0.2, -0.15) is 0 Å². The van der Waals surface area contributed by atoms with Crippen molar-refractivity contribution in [2.75, 3.05) is 19.4 Å². The first-order chi connectivity index (χ1) is 8.66. The smallest absolute Gasteiger partial charge is 0.264 e. The van der Waals surface area contributed by atoms with E-state index in [4.69, 9.17) is 10.5 Å². The summed E-state index contributed by atoms with van der Waals surface area (Å²) in [5, 5.41) is 0. The Morgan fingerprint density at radius 3 is 2.72 bits per heavy atom. The van der Waals surface area contributed by atoms with E-state index in [-0.39, 0.29) is 12.5 Å². The van der Waals surface area contributed by atoms with Crippen LogP contribution in [-0.2, 0) is 4.79 Å². The molecule has 1 aromatic rings. The van der Waals surface area contributed by atoms with Gasteiger partial charge in [0.1, 0.15) is 5.75 Å². The molecule has 4 nitrogen and oxygen atoms in total. The number of nitrogen functional groups attached to an aromatic ring is 1. The number of nitrogens with two attached hydrogens (primary N) is 1. The molecule has 0 saturated heterocycles. The number of nitrogens with zero attached hydrogens (tertiary/aromatic N) is 1. The molecule has 0 saturated carbocycles. The van der Waals surface area contributed by atoms with Crippen molar-refractivity contribution in [3.63, 3.8) is 0 Å². The van der Waals surface area contributed by atoms with Gasteiger partial charge in [-0.25, -0.2) is 0 Å². The number of ether oxygens (including phenoxy) is 1. The Bertz CT molecular complexity index is 451. The number of rotatable bonds is 4. The van der Waals surface area contributed by atoms with Crippen LogP contribution in [0.25, 0.3) is 0 Å². The lowest BCUT2D eigenvalue weighted by molar-refractivity contribution is -0.130. The van der Waals surface area contributed by atoms with Crippen LogP contribution in [-0.4, -0.2) is 24.5 Å². The fourth-order valence-electron chi connectivity index (χ4n) is 1.92. The monoisotopic (exact) mass is 246 g/mol. The molecule has 4 heteroatoms. The van der Waals surface area contributed by atoms with E-state index in [1.165, 1.54) is 0 Å². The lowest BCUT2D eigenvalue weighted by Crippen LogP contribution is -2.30. The van der Waals surface area contributed by atoms with Crippen LogP contribution in [0.1, 0.15) is 19.3 Å². The van der Waals surface area contributed by atoms with Crippen LogP contribution in [0.5, 0.6) is 5.75 Å². The van der Waals surface area contributed by atoms with E-state index >= 15 is 0 Å². The Hall–Kier alpha value is -1.97. The normalized spacial score (nSPS) is 14.2. The molecule has 0 radical (unpaired) electrons. The van der Waals surface area contributed by atoms with Crippen molar-refractivity contribution in [2.24, 2.45) is 0 Å². The van der Waals surface area contributed by atoms with Gasteiger partial charge in [-0.3, -0.25) is 4.79 Å². The number of amides is 1. The predicted molar refractivity (Wildman–Crippen MR) is 71.1 cm³/mol. The van der Waals surface area contributed by atoms with Crippen LogP contribution < -0.4 is 10.5 Å². The molecule has 0 atom stereocenters. The maximum atomic E-state index is 11.9. The number of carbonyl (C=O) groups excluding carboxylic acids is 1. The highest BCUT2D eigenvalue weighted by atomic mass is 16.5. The fourth-order valence-corrected chi connectivity index (χ4v) is 1.92. The Morgan fingerprint density at radius 1 is 1.39 bits per heavy atom. The minimum Gasteiger partial charge on any atom is -0.484 e. The van der Waals surface area contributed by atoms with Gasteiger partial charge in [-0.15, -0.1) is 0 Å². The largest absolute Gasteiger partial charge is 0.484 e. The summed E-state index contributed by atoms with van der Waals surface area (Å²) in [6, 6.07) is 7.03. The van der Waals surface area contributed by atoms with E-state index in [9.17, 15) is 4.79 Å². The topological polar surface area (TPSA) is 55.6 Å². The Morgan fingerprint density at radius 2 is 2.11 bits per heavy atom. The van der Waals surface area contributed by atoms with Crippen LogP contribution in [0.3, 0.4) is 0 Å². The molecule has 1 amide bonds. The first-order valence-electron chi connectivity index (χ1n) is 6.11. The van der Waals surface area contributed by atoms with Crippen molar-refractivity contribution in [3.8, 4) is 5.75 Å². The van der Waals surface area contributed by atoms with Gasteiger partial charge in [-0.1, -0.05) is 6.08 Å². The van der Waals surface area contributed by atoms with Gasteiger partial charge < -0.3 is 15.4 Å². The van der Waals surface area contributed by atoms with Gasteiger partial charge in [0, 0.05) is 18.4 Å². The third-order valence-corrected chi connectivity index (χ3v) is 3.06. The summed E-state index contributed by atoms with van der Waals surface area (Å²) in [5.41, 5.74) is 7.36. The standard InChI is InChI=1S/C14H18N2O2/c1-16(12-4-2-3-5-12)14(17)10-18-13-8-6-11(15)7-9-13/h4,6-9H,2-3,5,10,15H2,1H3. The highest BCUT2D eigenvalue weighted by Crippen LogP contribution is 2.20. The number of likely N-dealkylation sites (N-methyl/N-ethyl adjacent to an activating group) is 1. The van der Waals surface area contributed by atoms with E-state index in [0.29, 0.717) is 11.4 Å². The van der Waals surface area contributed by atoms with Gasteiger partial charge >= 0.3 is 0 Å². The Kier molecular flexibility index (Phi) is 3.87. The van der Waals surface area contributed by atoms with E-state index < -0.39 is 0 Å². The molecule has 1 aliphatic carbocycles. The summed E-state index contributed by atoms with van der Waals surface area (Å²) in [7, 11) is 1.80. The van der Waals surface area contributed by atoms with Gasteiger partial charge in [0.15, 0.2) is 6.61 Å². The average Bonchev–Trinajstić information content (AvgIpc) is 2.90. The molecule has 1 aliphatic rings. The molecular formula is C14H18N2O2. The molecule has 0 bridgehead atoms. The zero-order valence-electron chi connectivity index (χ0n) is 10.6. The van der Waals surface area contributed by atoms with Gasteiger partial charge in [0.2, 0.25) is 0 Å². The van der Waals surface area contributed by atoms with E-state index in [1.807, 2.05) is 0 Å². The highest BCUT2D eigenvalue weighted by molar-refractivity contribution is 5.79. The number of anilines is 1. The van der Waals surface area contributed by atoms with Crippen molar-refractivity contribution in [3.05, 3.63) is 36.0 Å². The average molecular weight is 246 g/mol. The summed E-state index contributed by atoms with van der Waals surface area (Å²) >= 11 is 0. The molecular weight excluding hydrogens is 228 g/mol. The Labute approximate surface area is 107 Å². The maximum absolute atomic E-state index is 11.9. The number of carbonyl (C=O) groups is 1. The fraction of sp³-hybridized carbons (Fsp3) is 0.357. The van der Waals surface area contributed by atoms with Gasteiger partial charge in [0.05, 0.1) is 0 Å². The third-order valence-electron chi connectivity index (χ3n) is 3.06. The molecule has 0 aromatic heterocycles. The van der Waals surface area contributed by atoms with Crippen molar-refractivity contribution in [1.82, 2.24) is 4.90 Å². The second-order valence-corrected chi connectivity index (χ2v) is 4.40. The Balaban J connectivity index is 1.86. The molecule has 0 fully saturated rings. The maximum Gasteiger partial charge on any atom is 0.264 e. The predicted octanol–water partition coefficient (Wildman–Crippen LogP) is 2.17. The molecule has 96 valence electrons. The quantitative estimate of drug-likeness (QED) is 0.828. The summed E-state index contributed by atoms with van der Waals surface area (Å²) in [5.74, 6) is 0.631. The number of allylic oxidation sites excluding steroid dienone is 2. The molecule has 0 aliphatic heterocycles. The first kappa shape index (κ1) is 12.5. The zero-order valence-corrected chi connectivity index (χ0v) is 10.6. The molecule has 1 aromatic carbocycles.